The highest BCUT2D eigenvalue weighted by Gasteiger charge is 2.23. The maximum atomic E-state index is 12.7. The third kappa shape index (κ3) is 4.26. The van der Waals surface area contributed by atoms with E-state index in [-0.39, 0.29) is 5.91 Å². The molecule has 0 aliphatic heterocycles. The van der Waals surface area contributed by atoms with Crippen LogP contribution in [0.2, 0.25) is 0 Å². The normalized spacial score (nSPS) is 16.5. The Morgan fingerprint density at radius 1 is 1.32 bits per heavy atom. The summed E-state index contributed by atoms with van der Waals surface area (Å²) in [4.78, 5) is 26.2. The molecule has 4 nitrogen and oxygen atoms in total. The van der Waals surface area contributed by atoms with Gasteiger partial charge in [-0.2, -0.15) is 0 Å². The Balaban J connectivity index is 2.09. The van der Waals surface area contributed by atoms with E-state index in [0.29, 0.717) is 11.5 Å². The first-order valence-corrected chi connectivity index (χ1v) is 8.61. The van der Waals surface area contributed by atoms with Gasteiger partial charge in [0.15, 0.2) is 0 Å². The molecule has 1 aromatic rings. The molecule has 1 aliphatic carbocycles. The zero-order valence-corrected chi connectivity index (χ0v) is 13.9. The van der Waals surface area contributed by atoms with Crippen LogP contribution < -0.4 is 0 Å². The van der Waals surface area contributed by atoms with Gasteiger partial charge >= 0.3 is 5.97 Å². The number of carboxylic acids is 1. The van der Waals surface area contributed by atoms with Crippen LogP contribution in [-0.2, 0) is 4.79 Å². The Bertz CT molecular complexity index is 540. The van der Waals surface area contributed by atoms with Crippen molar-refractivity contribution in [3.63, 3.8) is 0 Å². The number of thioether (sulfide) groups is 1. The summed E-state index contributed by atoms with van der Waals surface area (Å²) in [5.74, 6) is -0.286. The molecule has 1 aliphatic rings. The summed E-state index contributed by atoms with van der Waals surface area (Å²) in [6.45, 7) is 2.42. The standard InChI is InChI=1S/C17H23NO3S/c1-12(17(20)21)22-15-10-6-5-9-14(15)16(19)18(2)11-13-7-3-4-8-13/h5-6,9-10,12-13H,3-4,7-8,11H2,1-2H3,(H,20,21). The fourth-order valence-corrected chi connectivity index (χ4v) is 3.78. The Hall–Kier alpha value is -1.49. The number of carboxylic acid groups (broad SMARTS) is 1. The number of hydrogen-bond donors (Lipinski definition) is 1. The van der Waals surface area contributed by atoms with Crippen molar-refractivity contribution in [2.24, 2.45) is 5.92 Å². The van der Waals surface area contributed by atoms with Crippen molar-refractivity contribution in [1.29, 1.82) is 0 Å². The highest BCUT2D eigenvalue weighted by atomic mass is 32.2. The molecule has 0 saturated heterocycles. The fourth-order valence-electron chi connectivity index (χ4n) is 2.86. The molecule has 2 rings (SSSR count). The van der Waals surface area contributed by atoms with E-state index in [1.54, 1.807) is 17.9 Å². The van der Waals surface area contributed by atoms with Crippen LogP contribution in [0.3, 0.4) is 0 Å². The number of nitrogens with zero attached hydrogens (tertiary/aromatic N) is 1. The van der Waals surface area contributed by atoms with Gasteiger partial charge in [-0.05, 0) is 37.8 Å². The molecule has 1 fully saturated rings. The summed E-state index contributed by atoms with van der Waals surface area (Å²) in [6.07, 6.45) is 4.92. The lowest BCUT2D eigenvalue weighted by Crippen LogP contribution is -2.31. The largest absolute Gasteiger partial charge is 0.480 e. The molecule has 0 spiro atoms. The van der Waals surface area contributed by atoms with Crippen molar-refractivity contribution in [2.75, 3.05) is 13.6 Å². The van der Waals surface area contributed by atoms with Gasteiger partial charge in [0.05, 0.1) is 5.56 Å². The number of aliphatic carboxylic acids is 1. The lowest BCUT2D eigenvalue weighted by molar-refractivity contribution is -0.136. The van der Waals surface area contributed by atoms with Crippen molar-refractivity contribution >= 4 is 23.6 Å². The first kappa shape index (κ1) is 16.9. The van der Waals surface area contributed by atoms with Crippen LogP contribution in [0.25, 0.3) is 0 Å². The van der Waals surface area contributed by atoms with Crippen molar-refractivity contribution in [3.05, 3.63) is 29.8 Å². The van der Waals surface area contributed by atoms with Crippen molar-refractivity contribution in [1.82, 2.24) is 4.90 Å². The lowest BCUT2D eigenvalue weighted by atomic mass is 10.1. The molecule has 1 amide bonds. The van der Waals surface area contributed by atoms with Gasteiger partial charge < -0.3 is 10.0 Å². The Kier molecular flexibility index (Phi) is 5.89. The Morgan fingerprint density at radius 3 is 2.59 bits per heavy atom. The first-order chi connectivity index (χ1) is 10.5. The number of hydrogen-bond acceptors (Lipinski definition) is 3. The van der Waals surface area contributed by atoms with Crippen LogP contribution >= 0.6 is 11.8 Å². The third-order valence-electron chi connectivity index (χ3n) is 4.12. The summed E-state index contributed by atoms with van der Waals surface area (Å²) in [7, 11) is 1.84. The number of carbonyl (C=O) groups is 2. The van der Waals surface area contributed by atoms with E-state index in [1.165, 1.54) is 37.4 Å². The van der Waals surface area contributed by atoms with E-state index in [2.05, 4.69) is 0 Å². The minimum atomic E-state index is -0.869. The van der Waals surface area contributed by atoms with Gasteiger partial charge in [0.25, 0.3) is 5.91 Å². The Labute approximate surface area is 135 Å². The smallest absolute Gasteiger partial charge is 0.316 e. The first-order valence-electron chi connectivity index (χ1n) is 7.73. The highest BCUT2D eigenvalue weighted by molar-refractivity contribution is 8.00. The van der Waals surface area contributed by atoms with Gasteiger partial charge in [0.2, 0.25) is 0 Å². The van der Waals surface area contributed by atoms with Crippen LogP contribution in [0.5, 0.6) is 0 Å². The number of carbonyl (C=O) groups excluding carboxylic acids is 1. The van der Waals surface area contributed by atoms with Crippen LogP contribution in [0, 0.1) is 5.92 Å². The van der Waals surface area contributed by atoms with E-state index in [0.717, 1.165) is 11.4 Å². The van der Waals surface area contributed by atoms with E-state index >= 15 is 0 Å². The molecule has 0 aromatic heterocycles. The SMILES string of the molecule is CC(Sc1ccccc1C(=O)N(C)CC1CCCC1)C(=O)O. The van der Waals surface area contributed by atoms with Crippen LogP contribution in [-0.4, -0.2) is 40.7 Å². The van der Waals surface area contributed by atoms with E-state index in [9.17, 15) is 9.59 Å². The molecular weight excluding hydrogens is 298 g/mol. The van der Waals surface area contributed by atoms with E-state index in [4.69, 9.17) is 5.11 Å². The van der Waals surface area contributed by atoms with Gasteiger partial charge in [-0.1, -0.05) is 25.0 Å². The predicted octanol–water partition coefficient (Wildman–Crippen LogP) is 3.51. The number of benzene rings is 1. The second kappa shape index (κ2) is 7.68. The third-order valence-corrected chi connectivity index (χ3v) is 5.29. The van der Waals surface area contributed by atoms with Gasteiger partial charge in [-0.25, -0.2) is 0 Å². The second-order valence-corrected chi connectivity index (χ2v) is 7.31. The van der Waals surface area contributed by atoms with Crippen LogP contribution in [0.15, 0.2) is 29.2 Å². The van der Waals surface area contributed by atoms with Crippen molar-refractivity contribution < 1.29 is 14.7 Å². The number of rotatable bonds is 6. The zero-order chi connectivity index (χ0) is 16.1. The molecular formula is C17H23NO3S. The van der Waals surface area contributed by atoms with E-state index < -0.39 is 11.2 Å². The zero-order valence-electron chi connectivity index (χ0n) is 13.1. The molecule has 0 heterocycles. The topological polar surface area (TPSA) is 57.6 Å². The minimum absolute atomic E-state index is 0.0208. The molecule has 0 radical (unpaired) electrons. The van der Waals surface area contributed by atoms with Gasteiger partial charge in [-0.3, -0.25) is 9.59 Å². The molecule has 22 heavy (non-hydrogen) atoms. The molecule has 1 atom stereocenters. The van der Waals surface area contributed by atoms with Gasteiger partial charge in [0, 0.05) is 18.5 Å². The quantitative estimate of drug-likeness (QED) is 0.815. The van der Waals surface area contributed by atoms with Gasteiger partial charge in [-0.15, -0.1) is 11.8 Å². The summed E-state index contributed by atoms with van der Waals surface area (Å²) < 4.78 is 0. The molecule has 120 valence electrons. The van der Waals surface area contributed by atoms with Crippen LogP contribution in [0.4, 0.5) is 0 Å². The molecule has 5 heteroatoms. The minimum Gasteiger partial charge on any atom is -0.480 e. The highest BCUT2D eigenvalue weighted by Crippen LogP contribution is 2.29. The molecule has 1 aromatic carbocycles. The molecule has 1 N–H and O–H groups in total. The maximum absolute atomic E-state index is 12.7. The summed E-state index contributed by atoms with van der Waals surface area (Å²) in [5, 5.41) is 8.48. The average molecular weight is 321 g/mol. The summed E-state index contributed by atoms with van der Waals surface area (Å²) in [6, 6.07) is 7.27. The maximum Gasteiger partial charge on any atom is 0.316 e. The summed E-state index contributed by atoms with van der Waals surface area (Å²) >= 11 is 1.22. The predicted molar refractivity (Wildman–Crippen MR) is 88.3 cm³/mol. The van der Waals surface area contributed by atoms with Crippen LogP contribution in [0.1, 0.15) is 43.0 Å². The fraction of sp³-hybridized carbons (Fsp3) is 0.529. The second-order valence-electron chi connectivity index (χ2n) is 5.93. The average Bonchev–Trinajstić information content (AvgIpc) is 2.99. The van der Waals surface area contributed by atoms with Gasteiger partial charge in [0.1, 0.15) is 5.25 Å². The lowest BCUT2D eigenvalue weighted by Gasteiger charge is -2.22. The Morgan fingerprint density at radius 2 is 1.95 bits per heavy atom. The summed E-state index contributed by atoms with van der Waals surface area (Å²) in [5.41, 5.74) is 0.598. The van der Waals surface area contributed by atoms with Crippen molar-refractivity contribution in [2.45, 2.75) is 42.8 Å². The number of amides is 1. The monoisotopic (exact) mass is 321 g/mol. The van der Waals surface area contributed by atoms with E-state index in [1.807, 2.05) is 25.2 Å². The van der Waals surface area contributed by atoms with Crippen molar-refractivity contribution in [3.8, 4) is 0 Å². The molecule has 0 bridgehead atoms. The molecule has 1 saturated carbocycles. The molecule has 1 unspecified atom stereocenters.